The number of hydrogen-bond acceptors (Lipinski definition) is 3. The molecule has 0 aromatic heterocycles. The lowest BCUT2D eigenvalue weighted by Crippen LogP contribution is -2.28. The van der Waals surface area contributed by atoms with Crippen molar-refractivity contribution in [2.24, 2.45) is 5.41 Å². The fourth-order valence-electron chi connectivity index (χ4n) is 0.849. The Labute approximate surface area is 82.7 Å². The number of esters is 1. The van der Waals surface area contributed by atoms with E-state index in [-0.39, 0.29) is 11.4 Å². The lowest BCUT2D eigenvalue weighted by Gasteiger charge is -2.21. The second kappa shape index (κ2) is 6.15. The van der Waals surface area contributed by atoms with E-state index in [1.807, 2.05) is 20.8 Å². The average molecular weight is 204 g/mol. The Kier molecular flexibility index (Phi) is 5.99. The van der Waals surface area contributed by atoms with Crippen molar-refractivity contribution >= 4 is 15.7 Å². The van der Waals surface area contributed by atoms with Crippen LogP contribution in [-0.2, 0) is 14.0 Å². The van der Waals surface area contributed by atoms with Crippen molar-refractivity contribution in [2.45, 2.75) is 33.2 Å². The van der Waals surface area contributed by atoms with Gasteiger partial charge in [0.1, 0.15) is 0 Å². The highest BCUT2D eigenvalue weighted by Gasteiger charge is 2.28. The molecule has 0 atom stereocenters. The molecule has 0 aromatic rings. The van der Waals surface area contributed by atoms with Crippen molar-refractivity contribution in [1.82, 2.24) is 0 Å². The van der Waals surface area contributed by atoms with Gasteiger partial charge in [-0.25, -0.2) is 0 Å². The van der Waals surface area contributed by atoms with E-state index >= 15 is 0 Å². The minimum atomic E-state index is -0.549. The van der Waals surface area contributed by atoms with Crippen molar-refractivity contribution in [1.29, 1.82) is 0 Å². The minimum Gasteiger partial charge on any atom is -0.465 e. The van der Waals surface area contributed by atoms with Gasteiger partial charge in [0.25, 0.3) is 0 Å². The van der Waals surface area contributed by atoms with Gasteiger partial charge in [-0.2, -0.15) is 0 Å². The van der Waals surface area contributed by atoms with Gasteiger partial charge in [-0.05, 0) is 26.3 Å². The van der Waals surface area contributed by atoms with E-state index in [1.165, 1.54) is 0 Å². The maximum Gasteiger partial charge on any atom is 0.311 e. The van der Waals surface area contributed by atoms with E-state index in [4.69, 9.17) is 9.16 Å². The van der Waals surface area contributed by atoms with Crippen LogP contribution in [-0.4, -0.2) is 29.4 Å². The predicted octanol–water partition coefficient (Wildman–Crippen LogP) is 1.11. The highest BCUT2D eigenvalue weighted by Crippen LogP contribution is 2.22. The van der Waals surface area contributed by atoms with Crippen LogP contribution < -0.4 is 0 Å². The highest BCUT2D eigenvalue weighted by atomic mass is 28.2. The van der Waals surface area contributed by atoms with Crippen LogP contribution in [0.5, 0.6) is 0 Å². The molecule has 0 rings (SSSR count). The molecular formula is C9H20O3Si. The Balaban J connectivity index is 3.87. The standard InChI is InChI=1S/C9H20O3Si/c1-5-6-12-8(10)9(2,3)7-13-11-4/h5-7,13H2,1-4H3. The van der Waals surface area contributed by atoms with Crippen LogP contribution in [0.4, 0.5) is 0 Å². The summed E-state index contributed by atoms with van der Waals surface area (Å²) in [6.45, 7) is 6.34. The number of carbonyl (C=O) groups is 1. The second-order valence-corrected chi connectivity index (χ2v) is 5.25. The van der Waals surface area contributed by atoms with Gasteiger partial charge in [0.15, 0.2) is 9.76 Å². The Morgan fingerprint density at radius 1 is 1.46 bits per heavy atom. The summed E-state index contributed by atoms with van der Waals surface area (Å²) in [7, 11) is 1.14. The number of rotatable bonds is 6. The number of carbonyl (C=O) groups excluding carboxylic acids is 1. The quantitative estimate of drug-likeness (QED) is 0.480. The third-order valence-electron chi connectivity index (χ3n) is 1.92. The molecule has 0 aliphatic heterocycles. The van der Waals surface area contributed by atoms with Gasteiger partial charge in [-0.3, -0.25) is 4.79 Å². The molecule has 0 heterocycles. The van der Waals surface area contributed by atoms with Crippen molar-refractivity contribution in [3.63, 3.8) is 0 Å². The van der Waals surface area contributed by atoms with Crippen molar-refractivity contribution < 1.29 is 14.0 Å². The molecule has 0 aliphatic rings. The monoisotopic (exact) mass is 204 g/mol. The maximum absolute atomic E-state index is 11.5. The van der Waals surface area contributed by atoms with Crippen molar-refractivity contribution in [3.05, 3.63) is 0 Å². The molecule has 4 heteroatoms. The summed E-state index contributed by atoms with van der Waals surface area (Å²) < 4.78 is 10.1. The van der Waals surface area contributed by atoms with Gasteiger partial charge >= 0.3 is 5.97 Å². The lowest BCUT2D eigenvalue weighted by molar-refractivity contribution is -0.152. The lowest BCUT2D eigenvalue weighted by atomic mass is 9.97. The molecule has 0 aromatic carbocycles. The predicted molar refractivity (Wildman–Crippen MR) is 55.4 cm³/mol. The molecule has 0 spiro atoms. The Bertz CT molecular complexity index is 157. The normalized spacial score (nSPS) is 12.3. The second-order valence-electron chi connectivity index (χ2n) is 3.76. The van der Waals surface area contributed by atoms with E-state index < -0.39 is 9.76 Å². The summed E-state index contributed by atoms with van der Waals surface area (Å²) in [5, 5.41) is 0. The van der Waals surface area contributed by atoms with E-state index in [0.717, 1.165) is 12.5 Å². The van der Waals surface area contributed by atoms with Crippen molar-refractivity contribution in [3.8, 4) is 0 Å². The van der Waals surface area contributed by atoms with Gasteiger partial charge < -0.3 is 9.16 Å². The average Bonchev–Trinajstić information content (AvgIpc) is 2.10. The molecule has 0 saturated heterocycles. The number of hydrogen-bond donors (Lipinski definition) is 0. The Morgan fingerprint density at radius 3 is 2.54 bits per heavy atom. The Hall–Kier alpha value is -0.353. The first kappa shape index (κ1) is 12.6. The number of ether oxygens (including phenoxy) is 1. The largest absolute Gasteiger partial charge is 0.465 e. The van der Waals surface area contributed by atoms with E-state index in [1.54, 1.807) is 7.11 Å². The van der Waals surface area contributed by atoms with Crippen molar-refractivity contribution in [2.75, 3.05) is 13.7 Å². The minimum absolute atomic E-state index is 0.0982. The molecule has 0 amide bonds. The summed E-state index contributed by atoms with van der Waals surface area (Å²) in [5.41, 5.74) is -0.364. The van der Waals surface area contributed by atoms with Crippen LogP contribution in [0.1, 0.15) is 27.2 Å². The van der Waals surface area contributed by atoms with Gasteiger partial charge in [-0.15, -0.1) is 0 Å². The molecule has 0 fully saturated rings. The van der Waals surface area contributed by atoms with E-state index in [2.05, 4.69) is 0 Å². The third-order valence-corrected chi connectivity index (χ3v) is 3.78. The van der Waals surface area contributed by atoms with Gasteiger partial charge in [0.05, 0.1) is 12.0 Å². The maximum atomic E-state index is 11.5. The third kappa shape index (κ3) is 5.05. The summed E-state index contributed by atoms with van der Waals surface area (Å²) in [6, 6.07) is 0.839. The summed E-state index contributed by atoms with van der Waals surface area (Å²) >= 11 is 0. The van der Waals surface area contributed by atoms with Gasteiger partial charge in [-0.1, -0.05) is 6.92 Å². The van der Waals surface area contributed by atoms with Crippen LogP contribution in [0, 0.1) is 5.41 Å². The molecule has 0 radical (unpaired) electrons. The fourth-order valence-corrected chi connectivity index (χ4v) is 1.77. The first-order valence-corrected chi connectivity index (χ1v) is 6.28. The molecule has 0 saturated carbocycles. The van der Waals surface area contributed by atoms with Crippen LogP contribution >= 0.6 is 0 Å². The molecule has 0 unspecified atom stereocenters. The first-order valence-electron chi connectivity index (χ1n) is 4.70. The van der Waals surface area contributed by atoms with Gasteiger partial charge in [0.2, 0.25) is 0 Å². The highest BCUT2D eigenvalue weighted by molar-refractivity contribution is 6.28. The topological polar surface area (TPSA) is 35.5 Å². The van der Waals surface area contributed by atoms with Gasteiger partial charge in [0, 0.05) is 7.11 Å². The van der Waals surface area contributed by atoms with Crippen LogP contribution in [0.2, 0.25) is 6.04 Å². The zero-order valence-electron chi connectivity index (χ0n) is 9.05. The fraction of sp³-hybridized carbons (Fsp3) is 0.889. The smallest absolute Gasteiger partial charge is 0.311 e. The van der Waals surface area contributed by atoms with Crippen LogP contribution in [0.15, 0.2) is 0 Å². The summed E-state index contributed by atoms with van der Waals surface area (Å²) in [5.74, 6) is -0.0982. The zero-order valence-corrected chi connectivity index (χ0v) is 10.5. The molecule has 78 valence electrons. The van der Waals surface area contributed by atoms with E-state index in [9.17, 15) is 4.79 Å². The molecular weight excluding hydrogens is 184 g/mol. The molecule has 0 N–H and O–H groups in total. The molecule has 3 nitrogen and oxygen atoms in total. The zero-order chi connectivity index (χ0) is 10.3. The summed E-state index contributed by atoms with van der Waals surface area (Å²) in [6.07, 6.45) is 0.878. The first-order chi connectivity index (χ1) is 6.04. The summed E-state index contributed by atoms with van der Waals surface area (Å²) in [4.78, 5) is 11.5. The van der Waals surface area contributed by atoms with Crippen LogP contribution in [0.25, 0.3) is 0 Å². The Morgan fingerprint density at radius 2 is 2.08 bits per heavy atom. The van der Waals surface area contributed by atoms with Crippen LogP contribution in [0.3, 0.4) is 0 Å². The molecule has 0 bridgehead atoms. The molecule has 13 heavy (non-hydrogen) atoms. The van der Waals surface area contributed by atoms with E-state index in [0.29, 0.717) is 6.61 Å². The molecule has 0 aliphatic carbocycles. The SMILES string of the molecule is CCCOC(=O)C(C)(C)C[SiH2]OC.